The predicted molar refractivity (Wildman–Crippen MR) is 83.3 cm³/mol. The Labute approximate surface area is 120 Å². The van der Waals surface area contributed by atoms with Crippen LogP contribution in [0.25, 0.3) is 0 Å². The zero-order chi connectivity index (χ0) is 14.3. The number of benzene rings is 1. The lowest BCUT2D eigenvalue weighted by molar-refractivity contribution is 0.541. The SMILES string of the molecule is CCCCC(C)(C(/C=C/N)=N/N)c1ccc(Cl)cc1. The van der Waals surface area contributed by atoms with Crippen LogP contribution in [0.1, 0.15) is 38.7 Å². The summed E-state index contributed by atoms with van der Waals surface area (Å²) in [5.41, 5.74) is 7.18. The minimum absolute atomic E-state index is 0.245. The second kappa shape index (κ2) is 7.19. The van der Waals surface area contributed by atoms with E-state index in [1.165, 1.54) is 6.20 Å². The van der Waals surface area contributed by atoms with Crippen molar-refractivity contribution in [3.63, 3.8) is 0 Å². The number of allylic oxidation sites excluding steroid dienone is 1. The smallest absolute Gasteiger partial charge is 0.0717 e. The maximum atomic E-state index is 5.95. The molecule has 0 radical (unpaired) electrons. The Morgan fingerprint density at radius 1 is 1.37 bits per heavy atom. The zero-order valence-corrected chi connectivity index (χ0v) is 12.3. The van der Waals surface area contributed by atoms with E-state index in [9.17, 15) is 0 Å². The van der Waals surface area contributed by atoms with Gasteiger partial charge in [0.1, 0.15) is 0 Å². The van der Waals surface area contributed by atoms with Gasteiger partial charge in [0, 0.05) is 10.4 Å². The molecule has 1 rings (SSSR count). The Kier molecular flexibility index (Phi) is 5.90. The van der Waals surface area contributed by atoms with Gasteiger partial charge in [-0.2, -0.15) is 5.10 Å². The molecule has 3 nitrogen and oxygen atoms in total. The average molecular weight is 280 g/mol. The summed E-state index contributed by atoms with van der Waals surface area (Å²) in [6, 6.07) is 7.82. The number of nitrogens with zero attached hydrogens (tertiary/aromatic N) is 1. The van der Waals surface area contributed by atoms with Gasteiger partial charge in [0.05, 0.1) is 5.71 Å². The first kappa shape index (κ1) is 15.6. The molecule has 0 amide bonds. The van der Waals surface area contributed by atoms with Gasteiger partial charge in [-0.25, -0.2) is 0 Å². The maximum Gasteiger partial charge on any atom is 0.0717 e. The average Bonchev–Trinajstić information content (AvgIpc) is 2.42. The normalized spacial score (nSPS) is 15.6. The summed E-state index contributed by atoms with van der Waals surface area (Å²) in [4.78, 5) is 0. The molecule has 0 aliphatic carbocycles. The standard InChI is InChI=1S/C15H22ClN3/c1-3-4-10-15(2,14(19-18)9-11-17)12-5-7-13(16)8-6-12/h5-9,11H,3-4,10,17-18H2,1-2H3/b11-9+,19-14+. The highest BCUT2D eigenvalue weighted by Gasteiger charge is 2.30. The third-order valence-electron chi connectivity index (χ3n) is 3.47. The van der Waals surface area contributed by atoms with E-state index in [0.29, 0.717) is 0 Å². The van der Waals surface area contributed by atoms with E-state index in [1.54, 1.807) is 6.08 Å². The number of hydrazone groups is 1. The molecule has 0 spiro atoms. The van der Waals surface area contributed by atoms with Gasteiger partial charge in [-0.3, -0.25) is 0 Å². The number of hydrogen-bond donors (Lipinski definition) is 2. The molecule has 104 valence electrons. The van der Waals surface area contributed by atoms with E-state index in [4.69, 9.17) is 23.2 Å². The van der Waals surface area contributed by atoms with Crippen molar-refractivity contribution in [3.05, 3.63) is 47.1 Å². The van der Waals surface area contributed by atoms with Gasteiger partial charge in [-0.15, -0.1) is 0 Å². The molecule has 19 heavy (non-hydrogen) atoms. The molecule has 0 bridgehead atoms. The first-order chi connectivity index (χ1) is 9.08. The number of hydrogen-bond acceptors (Lipinski definition) is 3. The molecule has 1 aromatic rings. The van der Waals surface area contributed by atoms with Crippen molar-refractivity contribution in [2.45, 2.75) is 38.5 Å². The van der Waals surface area contributed by atoms with Crippen molar-refractivity contribution in [2.24, 2.45) is 16.7 Å². The molecule has 0 fully saturated rings. The van der Waals surface area contributed by atoms with Crippen LogP contribution in [0.4, 0.5) is 0 Å². The first-order valence-electron chi connectivity index (χ1n) is 6.51. The second-order valence-electron chi connectivity index (χ2n) is 4.82. The van der Waals surface area contributed by atoms with Gasteiger partial charge in [-0.05, 0) is 43.3 Å². The molecule has 1 aromatic carbocycles. The lowest BCUT2D eigenvalue weighted by atomic mass is 9.74. The molecular formula is C15H22ClN3. The summed E-state index contributed by atoms with van der Waals surface area (Å²) in [5.74, 6) is 5.54. The molecule has 0 heterocycles. The third-order valence-corrected chi connectivity index (χ3v) is 3.72. The van der Waals surface area contributed by atoms with E-state index >= 15 is 0 Å². The Bertz CT molecular complexity index is 451. The van der Waals surface area contributed by atoms with E-state index in [0.717, 1.165) is 35.6 Å². The molecule has 0 saturated carbocycles. The summed E-state index contributed by atoms with van der Waals surface area (Å²) in [7, 11) is 0. The Morgan fingerprint density at radius 2 is 2.00 bits per heavy atom. The molecule has 0 aromatic heterocycles. The van der Waals surface area contributed by atoms with E-state index < -0.39 is 0 Å². The van der Waals surface area contributed by atoms with Gasteiger partial charge in [0.15, 0.2) is 0 Å². The third kappa shape index (κ3) is 3.74. The Balaban J connectivity index is 3.21. The molecule has 0 aliphatic rings. The van der Waals surface area contributed by atoms with Crippen molar-refractivity contribution in [1.82, 2.24) is 0 Å². The summed E-state index contributed by atoms with van der Waals surface area (Å²) < 4.78 is 0. The number of nitrogens with two attached hydrogens (primary N) is 2. The fraction of sp³-hybridized carbons (Fsp3) is 0.400. The van der Waals surface area contributed by atoms with Crippen LogP contribution in [0.15, 0.2) is 41.6 Å². The fourth-order valence-corrected chi connectivity index (χ4v) is 2.35. The van der Waals surface area contributed by atoms with E-state index in [1.807, 2.05) is 24.3 Å². The van der Waals surface area contributed by atoms with Gasteiger partial charge in [0.25, 0.3) is 0 Å². The van der Waals surface area contributed by atoms with Crippen LogP contribution in [0.2, 0.25) is 5.02 Å². The van der Waals surface area contributed by atoms with Crippen molar-refractivity contribution in [2.75, 3.05) is 0 Å². The van der Waals surface area contributed by atoms with Crippen molar-refractivity contribution < 1.29 is 0 Å². The monoisotopic (exact) mass is 279 g/mol. The molecule has 1 unspecified atom stereocenters. The topological polar surface area (TPSA) is 64.4 Å². The van der Waals surface area contributed by atoms with Crippen molar-refractivity contribution in [1.29, 1.82) is 0 Å². The summed E-state index contributed by atoms with van der Waals surface area (Å²) in [6.45, 7) is 4.30. The predicted octanol–water partition coefficient (Wildman–Crippen LogP) is 3.58. The fourth-order valence-electron chi connectivity index (χ4n) is 2.23. The maximum absolute atomic E-state index is 5.95. The first-order valence-corrected chi connectivity index (χ1v) is 6.89. The van der Waals surface area contributed by atoms with Crippen LogP contribution >= 0.6 is 11.6 Å². The molecule has 4 heteroatoms. The van der Waals surface area contributed by atoms with Crippen LogP contribution in [0.3, 0.4) is 0 Å². The number of halogens is 1. The van der Waals surface area contributed by atoms with Crippen LogP contribution in [0, 0.1) is 0 Å². The number of unbranched alkanes of at least 4 members (excludes halogenated alkanes) is 1. The quantitative estimate of drug-likeness (QED) is 0.475. The molecule has 0 aliphatic heterocycles. The highest BCUT2D eigenvalue weighted by Crippen LogP contribution is 2.32. The van der Waals surface area contributed by atoms with Crippen LogP contribution in [-0.4, -0.2) is 5.71 Å². The lowest BCUT2D eigenvalue weighted by Crippen LogP contribution is -2.32. The van der Waals surface area contributed by atoms with Gasteiger partial charge in [0.2, 0.25) is 0 Å². The van der Waals surface area contributed by atoms with Gasteiger partial charge >= 0.3 is 0 Å². The van der Waals surface area contributed by atoms with Crippen LogP contribution in [-0.2, 0) is 5.41 Å². The van der Waals surface area contributed by atoms with E-state index in [-0.39, 0.29) is 5.41 Å². The molecule has 0 saturated heterocycles. The van der Waals surface area contributed by atoms with Crippen LogP contribution < -0.4 is 11.6 Å². The lowest BCUT2D eigenvalue weighted by Gasteiger charge is -2.30. The summed E-state index contributed by atoms with van der Waals surface area (Å²) in [6.07, 6.45) is 6.42. The second-order valence-corrected chi connectivity index (χ2v) is 5.25. The van der Waals surface area contributed by atoms with Crippen molar-refractivity contribution >= 4 is 17.3 Å². The van der Waals surface area contributed by atoms with E-state index in [2.05, 4.69) is 18.9 Å². The van der Waals surface area contributed by atoms with Gasteiger partial charge in [-0.1, -0.05) is 43.5 Å². The molecule has 4 N–H and O–H groups in total. The summed E-state index contributed by atoms with van der Waals surface area (Å²) in [5, 5.41) is 4.64. The summed E-state index contributed by atoms with van der Waals surface area (Å²) >= 11 is 5.95. The molecular weight excluding hydrogens is 258 g/mol. The minimum Gasteiger partial charge on any atom is -0.405 e. The highest BCUT2D eigenvalue weighted by atomic mass is 35.5. The largest absolute Gasteiger partial charge is 0.405 e. The van der Waals surface area contributed by atoms with Crippen LogP contribution in [0.5, 0.6) is 0 Å². The minimum atomic E-state index is -0.245. The van der Waals surface area contributed by atoms with Gasteiger partial charge < -0.3 is 11.6 Å². The Hall–Kier alpha value is -1.48. The Morgan fingerprint density at radius 3 is 2.47 bits per heavy atom. The molecule has 1 atom stereocenters. The van der Waals surface area contributed by atoms with Crippen molar-refractivity contribution in [3.8, 4) is 0 Å². The highest BCUT2D eigenvalue weighted by molar-refractivity contribution is 6.30. The zero-order valence-electron chi connectivity index (χ0n) is 11.6. The number of rotatable bonds is 6.